The lowest BCUT2D eigenvalue weighted by Gasteiger charge is -2.07. The molecule has 0 radical (unpaired) electrons. The number of nitrogens with zero attached hydrogens (tertiary/aromatic N) is 1. The number of benzene rings is 1. The summed E-state index contributed by atoms with van der Waals surface area (Å²) in [5.41, 5.74) is 1.74. The summed E-state index contributed by atoms with van der Waals surface area (Å²) in [5, 5.41) is 2.76. The smallest absolute Gasteiger partial charge is 0.251 e. The summed E-state index contributed by atoms with van der Waals surface area (Å²) in [6.45, 7) is 1.98. The van der Waals surface area contributed by atoms with Crippen LogP contribution in [0.1, 0.15) is 21.5 Å². The van der Waals surface area contributed by atoms with E-state index >= 15 is 0 Å². The van der Waals surface area contributed by atoms with Gasteiger partial charge in [0.15, 0.2) is 0 Å². The van der Waals surface area contributed by atoms with E-state index < -0.39 is 0 Å². The minimum Gasteiger partial charge on any atom is -0.481 e. The standard InChI is InChI=1S/C15H15FN2O2/c1-10-7-12(4-5-13(10)16)15(19)18-9-11-3-6-14(20-2)17-8-11/h3-8H,9H2,1-2H3,(H,18,19). The first kappa shape index (κ1) is 14.0. The molecule has 2 aromatic rings. The van der Waals surface area contributed by atoms with Crippen LogP contribution in [-0.2, 0) is 6.54 Å². The number of carbonyl (C=O) groups is 1. The maximum Gasteiger partial charge on any atom is 0.251 e. The van der Waals surface area contributed by atoms with Gasteiger partial charge in [0.1, 0.15) is 5.82 Å². The number of pyridine rings is 1. The second kappa shape index (κ2) is 6.14. The summed E-state index contributed by atoms with van der Waals surface area (Å²) in [4.78, 5) is 16.0. The molecule has 5 heteroatoms. The fraction of sp³-hybridized carbons (Fsp3) is 0.200. The van der Waals surface area contributed by atoms with Gasteiger partial charge in [0.2, 0.25) is 5.88 Å². The zero-order valence-electron chi connectivity index (χ0n) is 11.3. The normalized spacial score (nSPS) is 10.2. The zero-order valence-corrected chi connectivity index (χ0v) is 11.3. The summed E-state index contributed by atoms with van der Waals surface area (Å²) >= 11 is 0. The van der Waals surface area contributed by atoms with Gasteiger partial charge in [0.05, 0.1) is 7.11 Å². The van der Waals surface area contributed by atoms with Crippen LogP contribution < -0.4 is 10.1 Å². The largest absolute Gasteiger partial charge is 0.481 e. The summed E-state index contributed by atoms with van der Waals surface area (Å²) in [6, 6.07) is 7.83. The molecule has 1 N–H and O–H groups in total. The Morgan fingerprint density at radius 1 is 1.35 bits per heavy atom. The highest BCUT2D eigenvalue weighted by molar-refractivity contribution is 5.94. The number of ether oxygens (including phenoxy) is 1. The van der Waals surface area contributed by atoms with Crippen molar-refractivity contribution in [3.63, 3.8) is 0 Å². The van der Waals surface area contributed by atoms with Crippen molar-refractivity contribution in [2.24, 2.45) is 0 Å². The van der Waals surface area contributed by atoms with Crippen LogP contribution in [0.25, 0.3) is 0 Å². The molecule has 0 aliphatic heterocycles. The molecule has 4 nitrogen and oxygen atoms in total. The fourth-order valence-corrected chi connectivity index (χ4v) is 1.71. The zero-order chi connectivity index (χ0) is 14.5. The second-order valence-corrected chi connectivity index (χ2v) is 4.36. The lowest BCUT2D eigenvalue weighted by molar-refractivity contribution is 0.0950. The molecule has 0 saturated carbocycles. The molecular formula is C15H15FN2O2. The number of hydrogen-bond acceptors (Lipinski definition) is 3. The van der Waals surface area contributed by atoms with Crippen molar-refractivity contribution < 1.29 is 13.9 Å². The number of aromatic nitrogens is 1. The Hall–Kier alpha value is -2.43. The molecule has 1 heterocycles. The van der Waals surface area contributed by atoms with E-state index in [1.807, 2.05) is 6.07 Å². The van der Waals surface area contributed by atoms with Gasteiger partial charge in [-0.25, -0.2) is 9.37 Å². The van der Waals surface area contributed by atoms with E-state index in [-0.39, 0.29) is 11.7 Å². The Kier molecular flexibility index (Phi) is 4.30. The third kappa shape index (κ3) is 3.32. The molecule has 1 amide bonds. The summed E-state index contributed by atoms with van der Waals surface area (Å²) in [6.07, 6.45) is 1.63. The summed E-state index contributed by atoms with van der Waals surface area (Å²) in [5.74, 6) is -0.0425. The highest BCUT2D eigenvalue weighted by Gasteiger charge is 2.07. The molecule has 0 unspecified atom stereocenters. The number of carbonyl (C=O) groups excluding carboxylic acids is 1. The number of nitrogens with one attached hydrogen (secondary N) is 1. The SMILES string of the molecule is COc1ccc(CNC(=O)c2ccc(F)c(C)c2)cn1. The van der Waals surface area contributed by atoms with Gasteiger partial charge in [-0.1, -0.05) is 6.07 Å². The van der Waals surface area contributed by atoms with Crippen molar-refractivity contribution in [2.75, 3.05) is 7.11 Å². The van der Waals surface area contributed by atoms with E-state index in [2.05, 4.69) is 10.3 Å². The van der Waals surface area contributed by atoms with Gasteiger partial charge in [0, 0.05) is 24.4 Å². The topological polar surface area (TPSA) is 51.2 Å². The average Bonchev–Trinajstić information content (AvgIpc) is 2.48. The van der Waals surface area contributed by atoms with Gasteiger partial charge >= 0.3 is 0 Å². The first-order chi connectivity index (χ1) is 9.60. The maximum atomic E-state index is 13.1. The van der Waals surface area contributed by atoms with E-state index in [1.165, 1.54) is 18.2 Å². The van der Waals surface area contributed by atoms with Crippen LogP contribution in [0, 0.1) is 12.7 Å². The van der Waals surface area contributed by atoms with Crippen LogP contribution in [0.4, 0.5) is 4.39 Å². The Labute approximate surface area is 116 Å². The molecule has 1 aromatic carbocycles. The monoisotopic (exact) mass is 274 g/mol. The first-order valence-corrected chi connectivity index (χ1v) is 6.13. The van der Waals surface area contributed by atoms with E-state index in [0.29, 0.717) is 23.6 Å². The molecule has 0 aliphatic carbocycles. The van der Waals surface area contributed by atoms with Crippen LogP contribution in [0.3, 0.4) is 0 Å². The van der Waals surface area contributed by atoms with Gasteiger partial charge < -0.3 is 10.1 Å². The molecule has 1 aromatic heterocycles. The van der Waals surface area contributed by atoms with E-state index in [4.69, 9.17) is 4.74 Å². The highest BCUT2D eigenvalue weighted by atomic mass is 19.1. The second-order valence-electron chi connectivity index (χ2n) is 4.36. The van der Waals surface area contributed by atoms with Crippen molar-refractivity contribution >= 4 is 5.91 Å². The number of aryl methyl sites for hydroxylation is 1. The molecule has 20 heavy (non-hydrogen) atoms. The number of amides is 1. The Morgan fingerprint density at radius 3 is 2.75 bits per heavy atom. The number of methoxy groups -OCH3 is 1. The van der Waals surface area contributed by atoms with Crippen LogP contribution in [0.5, 0.6) is 5.88 Å². The van der Waals surface area contributed by atoms with Gasteiger partial charge in [-0.3, -0.25) is 4.79 Å². The van der Waals surface area contributed by atoms with Crippen LogP contribution in [0.15, 0.2) is 36.5 Å². The molecule has 2 rings (SSSR count). The van der Waals surface area contributed by atoms with Crippen molar-refractivity contribution in [3.8, 4) is 5.88 Å². The molecule has 0 atom stereocenters. The van der Waals surface area contributed by atoms with Crippen LogP contribution in [-0.4, -0.2) is 18.0 Å². The number of hydrogen-bond donors (Lipinski definition) is 1. The minimum absolute atomic E-state index is 0.246. The van der Waals surface area contributed by atoms with E-state index in [0.717, 1.165) is 5.56 Å². The van der Waals surface area contributed by atoms with Crippen molar-refractivity contribution in [3.05, 3.63) is 59.0 Å². The predicted molar refractivity (Wildman–Crippen MR) is 73.1 cm³/mol. The fourth-order valence-electron chi connectivity index (χ4n) is 1.71. The van der Waals surface area contributed by atoms with Crippen molar-refractivity contribution in [1.29, 1.82) is 0 Å². The minimum atomic E-state index is -0.319. The third-order valence-corrected chi connectivity index (χ3v) is 2.88. The van der Waals surface area contributed by atoms with Crippen LogP contribution in [0.2, 0.25) is 0 Å². The number of halogens is 1. The lowest BCUT2D eigenvalue weighted by atomic mass is 10.1. The summed E-state index contributed by atoms with van der Waals surface area (Å²) in [7, 11) is 1.54. The number of rotatable bonds is 4. The Balaban J connectivity index is 1.98. The van der Waals surface area contributed by atoms with Crippen molar-refractivity contribution in [2.45, 2.75) is 13.5 Å². The molecular weight excluding hydrogens is 259 g/mol. The van der Waals surface area contributed by atoms with E-state index in [9.17, 15) is 9.18 Å². The molecule has 0 spiro atoms. The van der Waals surface area contributed by atoms with Crippen molar-refractivity contribution in [1.82, 2.24) is 10.3 Å². The molecule has 0 aliphatic rings. The highest BCUT2D eigenvalue weighted by Crippen LogP contribution is 2.10. The summed E-state index contributed by atoms with van der Waals surface area (Å²) < 4.78 is 18.1. The predicted octanol–water partition coefficient (Wildman–Crippen LogP) is 2.47. The van der Waals surface area contributed by atoms with Gasteiger partial charge in [-0.2, -0.15) is 0 Å². The average molecular weight is 274 g/mol. The molecule has 0 fully saturated rings. The van der Waals surface area contributed by atoms with Gasteiger partial charge in [-0.15, -0.1) is 0 Å². The van der Waals surface area contributed by atoms with Crippen LogP contribution >= 0.6 is 0 Å². The molecule has 0 bridgehead atoms. The van der Waals surface area contributed by atoms with Gasteiger partial charge in [-0.05, 0) is 36.2 Å². The Morgan fingerprint density at radius 2 is 2.15 bits per heavy atom. The lowest BCUT2D eigenvalue weighted by Crippen LogP contribution is -2.23. The molecule has 104 valence electrons. The quantitative estimate of drug-likeness (QED) is 0.931. The first-order valence-electron chi connectivity index (χ1n) is 6.13. The molecule has 0 saturated heterocycles. The third-order valence-electron chi connectivity index (χ3n) is 2.88. The maximum absolute atomic E-state index is 13.1. The Bertz CT molecular complexity index is 612. The van der Waals surface area contributed by atoms with Gasteiger partial charge in [0.25, 0.3) is 5.91 Å². The van der Waals surface area contributed by atoms with E-state index in [1.54, 1.807) is 26.3 Å².